The van der Waals surface area contributed by atoms with Crippen LogP contribution in [0.1, 0.15) is 65.7 Å². The lowest BCUT2D eigenvalue weighted by Gasteiger charge is -2.27. The minimum atomic E-state index is -0.735. The van der Waals surface area contributed by atoms with Crippen LogP contribution in [0.4, 0.5) is 0 Å². The van der Waals surface area contributed by atoms with Crippen LogP contribution in [0, 0.1) is 0 Å². The molecule has 0 aliphatic heterocycles. The van der Waals surface area contributed by atoms with Crippen molar-refractivity contribution in [1.82, 2.24) is 10.2 Å². The highest BCUT2D eigenvalue weighted by Gasteiger charge is 2.37. The minimum absolute atomic E-state index is 0.438. The summed E-state index contributed by atoms with van der Waals surface area (Å²) in [5, 5.41) is 12.7. The molecule has 0 amide bonds. The van der Waals surface area contributed by atoms with Crippen molar-refractivity contribution < 1.29 is 9.90 Å². The molecule has 1 saturated carbocycles. The SMILES string of the molecule is CCCN(CCC)CCCCC(C)(NC1CC1)C(=O)O. The second kappa shape index (κ2) is 8.63. The Balaban J connectivity index is 2.27. The zero-order valence-electron chi connectivity index (χ0n) is 13.5. The maximum absolute atomic E-state index is 11.4. The topological polar surface area (TPSA) is 52.6 Å². The van der Waals surface area contributed by atoms with Gasteiger partial charge in [-0.2, -0.15) is 0 Å². The lowest BCUT2D eigenvalue weighted by atomic mass is 9.94. The Hall–Kier alpha value is -0.610. The van der Waals surface area contributed by atoms with Crippen molar-refractivity contribution in [3.8, 4) is 0 Å². The van der Waals surface area contributed by atoms with Gasteiger partial charge < -0.3 is 10.0 Å². The summed E-state index contributed by atoms with van der Waals surface area (Å²) in [4.78, 5) is 13.9. The Morgan fingerprint density at radius 1 is 1.20 bits per heavy atom. The molecular formula is C16H32N2O2. The molecule has 1 atom stereocenters. The molecule has 118 valence electrons. The second-order valence-electron chi connectivity index (χ2n) is 6.35. The molecule has 1 rings (SSSR count). The van der Waals surface area contributed by atoms with Crippen molar-refractivity contribution in [2.75, 3.05) is 19.6 Å². The predicted molar refractivity (Wildman–Crippen MR) is 83.1 cm³/mol. The number of carboxylic acid groups (broad SMARTS) is 1. The van der Waals surface area contributed by atoms with Crippen molar-refractivity contribution >= 4 is 5.97 Å². The molecule has 0 aromatic rings. The molecule has 0 spiro atoms. The number of nitrogens with one attached hydrogen (secondary N) is 1. The van der Waals surface area contributed by atoms with E-state index in [4.69, 9.17) is 0 Å². The van der Waals surface area contributed by atoms with Crippen LogP contribution in [0.2, 0.25) is 0 Å². The molecule has 0 saturated heterocycles. The second-order valence-corrected chi connectivity index (χ2v) is 6.35. The Morgan fingerprint density at radius 2 is 1.80 bits per heavy atom. The monoisotopic (exact) mass is 284 g/mol. The number of carboxylic acids is 1. The van der Waals surface area contributed by atoms with E-state index in [1.807, 2.05) is 6.92 Å². The first-order valence-electron chi connectivity index (χ1n) is 8.25. The Bertz CT molecular complexity index is 286. The van der Waals surface area contributed by atoms with E-state index in [0.29, 0.717) is 6.04 Å². The van der Waals surface area contributed by atoms with Crippen molar-refractivity contribution in [2.24, 2.45) is 0 Å². The van der Waals surface area contributed by atoms with Crippen molar-refractivity contribution in [3.63, 3.8) is 0 Å². The summed E-state index contributed by atoms with van der Waals surface area (Å²) < 4.78 is 0. The van der Waals surface area contributed by atoms with Gasteiger partial charge in [-0.3, -0.25) is 10.1 Å². The number of unbranched alkanes of at least 4 members (excludes halogenated alkanes) is 1. The fourth-order valence-electron chi connectivity index (χ4n) is 2.70. The first-order chi connectivity index (χ1) is 9.51. The van der Waals surface area contributed by atoms with Gasteiger partial charge >= 0.3 is 5.97 Å². The van der Waals surface area contributed by atoms with Crippen LogP contribution in [0.5, 0.6) is 0 Å². The van der Waals surface area contributed by atoms with Gasteiger partial charge in [-0.1, -0.05) is 13.8 Å². The van der Waals surface area contributed by atoms with Crippen LogP contribution >= 0.6 is 0 Å². The third kappa shape index (κ3) is 6.23. The molecular weight excluding hydrogens is 252 g/mol. The van der Waals surface area contributed by atoms with Crippen LogP contribution in [0.25, 0.3) is 0 Å². The summed E-state index contributed by atoms with van der Waals surface area (Å²) >= 11 is 0. The molecule has 1 unspecified atom stereocenters. The highest BCUT2D eigenvalue weighted by Crippen LogP contribution is 2.25. The molecule has 0 bridgehead atoms. The van der Waals surface area contributed by atoms with Gasteiger partial charge in [0.15, 0.2) is 0 Å². The maximum Gasteiger partial charge on any atom is 0.323 e. The van der Waals surface area contributed by atoms with Crippen LogP contribution in [-0.4, -0.2) is 47.2 Å². The molecule has 0 aromatic carbocycles. The maximum atomic E-state index is 11.4. The van der Waals surface area contributed by atoms with Crippen LogP contribution in [-0.2, 0) is 4.79 Å². The quantitative estimate of drug-likeness (QED) is 0.541. The van der Waals surface area contributed by atoms with E-state index in [-0.39, 0.29) is 0 Å². The number of rotatable bonds is 12. The van der Waals surface area contributed by atoms with Crippen molar-refractivity contribution in [2.45, 2.75) is 77.3 Å². The average molecular weight is 284 g/mol. The summed E-state index contributed by atoms with van der Waals surface area (Å²) in [7, 11) is 0. The van der Waals surface area contributed by atoms with Crippen LogP contribution in [0.3, 0.4) is 0 Å². The predicted octanol–water partition coefficient (Wildman–Crippen LogP) is 2.87. The highest BCUT2D eigenvalue weighted by atomic mass is 16.4. The first-order valence-corrected chi connectivity index (χ1v) is 8.25. The van der Waals surface area contributed by atoms with E-state index in [2.05, 4.69) is 24.1 Å². The number of hydrogen-bond donors (Lipinski definition) is 2. The van der Waals surface area contributed by atoms with Gasteiger partial charge in [0, 0.05) is 6.04 Å². The van der Waals surface area contributed by atoms with Gasteiger partial charge in [0.05, 0.1) is 0 Å². The average Bonchev–Trinajstić information content (AvgIpc) is 3.18. The number of aliphatic carboxylic acids is 1. The van der Waals surface area contributed by atoms with E-state index in [1.54, 1.807) is 0 Å². The summed E-state index contributed by atoms with van der Waals surface area (Å²) in [5.41, 5.74) is -0.735. The van der Waals surface area contributed by atoms with Gasteiger partial charge in [0.1, 0.15) is 5.54 Å². The summed E-state index contributed by atoms with van der Waals surface area (Å²) in [6.45, 7) is 9.67. The number of carbonyl (C=O) groups is 1. The third-order valence-corrected chi connectivity index (χ3v) is 4.05. The Kier molecular flexibility index (Phi) is 7.52. The van der Waals surface area contributed by atoms with Crippen molar-refractivity contribution in [1.29, 1.82) is 0 Å². The van der Waals surface area contributed by atoms with Gasteiger partial charge in [-0.25, -0.2) is 0 Å². The summed E-state index contributed by atoms with van der Waals surface area (Å²) in [5.74, 6) is -0.705. The molecule has 1 aliphatic carbocycles. The molecule has 4 heteroatoms. The molecule has 2 N–H and O–H groups in total. The van der Waals surface area contributed by atoms with Gasteiger partial charge in [0.2, 0.25) is 0 Å². The van der Waals surface area contributed by atoms with Gasteiger partial charge in [-0.15, -0.1) is 0 Å². The fourth-order valence-corrected chi connectivity index (χ4v) is 2.70. The third-order valence-electron chi connectivity index (χ3n) is 4.05. The Morgan fingerprint density at radius 3 is 2.25 bits per heavy atom. The summed E-state index contributed by atoms with van der Waals surface area (Å²) in [6, 6.07) is 0.438. The minimum Gasteiger partial charge on any atom is -0.480 e. The van der Waals surface area contributed by atoms with E-state index in [9.17, 15) is 9.90 Å². The molecule has 20 heavy (non-hydrogen) atoms. The van der Waals surface area contributed by atoms with E-state index >= 15 is 0 Å². The van der Waals surface area contributed by atoms with E-state index in [1.165, 1.54) is 12.8 Å². The smallest absolute Gasteiger partial charge is 0.323 e. The summed E-state index contributed by atoms with van der Waals surface area (Å²) in [6.07, 6.45) is 7.44. The molecule has 0 aromatic heterocycles. The normalized spacial score (nSPS) is 18.2. The van der Waals surface area contributed by atoms with Gasteiger partial charge in [-0.05, 0) is 71.5 Å². The first kappa shape index (κ1) is 17.4. The van der Waals surface area contributed by atoms with Crippen LogP contribution < -0.4 is 5.32 Å². The van der Waals surface area contributed by atoms with E-state index < -0.39 is 11.5 Å². The molecule has 1 fully saturated rings. The largest absolute Gasteiger partial charge is 0.480 e. The molecule has 1 aliphatic rings. The van der Waals surface area contributed by atoms with Gasteiger partial charge in [0.25, 0.3) is 0 Å². The zero-order valence-corrected chi connectivity index (χ0v) is 13.5. The van der Waals surface area contributed by atoms with E-state index in [0.717, 1.165) is 51.7 Å². The Labute approximate surface area is 123 Å². The zero-order chi connectivity index (χ0) is 15.0. The lowest BCUT2D eigenvalue weighted by molar-refractivity contribution is -0.144. The van der Waals surface area contributed by atoms with Crippen LogP contribution in [0.15, 0.2) is 0 Å². The fraction of sp³-hybridized carbons (Fsp3) is 0.938. The molecule has 0 radical (unpaired) electrons. The highest BCUT2D eigenvalue weighted by molar-refractivity contribution is 5.78. The van der Waals surface area contributed by atoms with Crippen molar-refractivity contribution in [3.05, 3.63) is 0 Å². The molecule has 4 nitrogen and oxygen atoms in total. The molecule has 0 heterocycles. The number of nitrogens with zero attached hydrogens (tertiary/aromatic N) is 1. The number of hydrogen-bond acceptors (Lipinski definition) is 3. The standard InChI is InChI=1S/C16H32N2O2/c1-4-11-18(12-5-2)13-7-6-10-16(3,15(19)20)17-14-8-9-14/h14,17H,4-13H2,1-3H3,(H,19,20). The lowest BCUT2D eigenvalue weighted by Crippen LogP contribution is -2.50.